The topological polar surface area (TPSA) is 77.6 Å². The number of aromatic nitrogens is 5. The van der Waals surface area contributed by atoms with E-state index in [1.165, 1.54) is 0 Å². The van der Waals surface area contributed by atoms with Crippen LogP contribution in [0, 0.1) is 0 Å². The van der Waals surface area contributed by atoms with Gasteiger partial charge >= 0.3 is 0 Å². The Kier molecular flexibility index (Phi) is 6.35. The molecule has 6 heteroatoms. The van der Waals surface area contributed by atoms with Crippen LogP contribution >= 0.6 is 0 Å². The first kappa shape index (κ1) is 26.8. The van der Waals surface area contributed by atoms with E-state index >= 15 is 0 Å². The van der Waals surface area contributed by atoms with Gasteiger partial charge in [0.25, 0.3) is 0 Å². The van der Waals surface area contributed by atoms with Gasteiger partial charge in [0.05, 0.1) is 22.6 Å². The summed E-state index contributed by atoms with van der Waals surface area (Å²) >= 11 is 0. The van der Waals surface area contributed by atoms with Crippen LogP contribution in [0.3, 0.4) is 0 Å². The second kappa shape index (κ2) is 11.1. The Labute approximate surface area is 270 Å². The van der Waals surface area contributed by atoms with E-state index in [1.54, 1.807) is 0 Å². The summed E-state index contributed by atoms with van der Waals surface area (Å²) in [6, 6.07) is 51.5. The van der Waals surface area contributed by atoms with Gasteiger partial charge in [-0.2, -0.15) is 0 Å². The van der Waals surface area contributed by atoms with E-state index in [1.807, 2.05) is 72.8 Å². The van der Waals surface area contributed by atoms with Crippen LogP contribution in [-0.2, 0) is 0 Å². The molecule has 0 saturated heterocycles. The van der Waals surface area contributed by atoms with Crippen molar-refractivity contribution in [2.24, 2.45) is 0 Å². The lowest BCUT2D eigenvalue weighted by Crippen LogP contribution is -1.96. The highest BCUT2D eigenvalue weighted by Gasteiger charge is 2.18. The zero-order valence-corrected chi connectivity index (χ0v) is 25.1. The second-order valence-corrected chi connectivity index (χ2v) is 11.4. The summed E-state index contributed by atoms with van der Waals surface area (Å²) < 4.78 is 5.18. The predicted molar refractivity (Wildman–Crippen MR) is 187 cm³/mol. The molecule has 6 aromatic carbocycles. The molecule has 0 bridgehead atoms. The second-order valence-electron chi connectivity index (χ2n) is 11.4. The molecule has 9 rings (SSSR count). The van der Waals surface area contributed by atoms with E-state index < -0.39 is 0 Å². The summed E-state index contributed by atoms with van der Waals surface area (Å²) in [7, 11) is 0. The number of pyridine rings is 1. The van der Waals surface area contributed by atoms with Gasteiger partial charge in [-0.15, -0.1) is 0 Å². The minimum absolute atomic E-state index is 0.693. The highest BCUT2D eigenvalue weighted by molar-refractivity contribution is 6.22. The Bertz CT molecular complexity index is 2490. The van der Waals surface area contributed by atoms with Crippen molar-refractivity contribution >= 4 is 32.7 Å². The highest BCUT2D eigenvalue weighted by atomic mass is 16.6. The van der Waals surface area contributed by atoms with Gasteiger partial charge in [-0.3, -0.25) is 0 Å². The number of hydrogen-bond donors (Lipinski definition) is 0. The maximum Gasteiger partial charge on any atom is 0.160 e. The molecule has 0 aliphatic carbocycles. The number of hydrogen-bond acceptors (Lipinski definition) is 6. The van der Waals surface area contributed by atoms with Crippen LogP contribution in [0.4, 0.5) is 0 Å². The molecule has 3 heterocycles. The fourth-order valence-electron chi connectivity index (χ4n) is 6.30. The first-order valence-corrected chi connectivity index (χ1v) is 15.4. The van der Waals surface area contributed by atoms with Gasteiger partial charge in [-0.25, -0.2) is 19.6 Å². The van der Waals surface area contributed by atoms with Gasteiger partial charge in [0.2, 0.25) is 0 Å². The van der Waals surface area contributed by atoms with Crippen molar-refractivity contribution in [1.29, 1.82) is 0 Å². The Balaban J connectivity index is 1.21. The van der Waals surface area contributed by atoms with Crippen molar-refractivity contribution in [1.82, 2.24) is 25.3 Å². The summed E-state index contributed by atoms with van der Waals surface area (Å²) in [5, 5.41) is 11.4. The van der Waals surface area contributed by atoms with E-state index in [9.17, 15) is 0 Å². The highest BCUT2D eigenvalue weighted by Crippen LogP contribution is 2.39. The van der Waals surface area contributed by atoms with Crippen LogP contribution in [0.2, 0.25) is 0 Å². The fourth-order valence-corrected chi connectivity index (χ4v) is 6.30. The largest absolute Gasteiger partial charge is 0.246 e. The van der Waals surface area contributed by atoms with Crippen molar-refractivity contribution < 1.29 is 4.63 Å². The van der Waals surface area contributed by atoms with Gasteiger partial charge in [0.1, 0.15) is 11.0 Å². The average Bonchev–Trinajstić information content (AvgIpc) is 3.65. The van der Waals surface area contributed by atoms with E-state index in [4.69, 9.17) is 19.6 Å². The molecule has 47 heavy (non-hydrogen) atoms. The van der Waals surface area contributed by atoms with Crippen molar-refractivity contribution in [2.45, 2.75) is 0 Å². The van der Waals surface area contributed by atoms with Crippen LogP contribution in [-0.4, -0.2) is 25.3 Å². The lowest BCUT2D eigenvalue weighted by Gasteiger charge is -2.14. The maximum absolute atomic E-state index is 5.31. The van der Waals surface area contributed by atoms with Gasteiger partial charge in [-0.1, -0.05) is 133 Å². The molecule has 0 N–H and O–H groups in total. The van der Waals surface area contributed by atoms with E-state index in [-0.39, 0.29) is 0 Å². The Morgan fingerprint density at radius 2 is 1.02 bits per heavy atom. The van der Waals surface area contributed by atoms with Crippen LogP contribution in [0.15, 0.2) is 156 Å². The SMILES string of the molecule is c1ccc(-c2cc(-c3ccc(-c4cccc5c4nc(-c4ccccc4)c4ccc6nonc6c45)cc3)nc(-c3ccccc3)n2)cc1. The summed E-state index contributed by atoms with van der Waals surface area (Å²) in [5.41, 5.74) is 11.1. The summed E-state index contributed by atoms with van der Waals surface area (Å²) in [6.07, 6.45) is 0. The molecule has 0 fully saturated rings. The number of rotatable bonds is 5. The van der Waals surface area contributed by atoms with Gasteiger partial charge in [-0.05, 0) is 34.1 Å². The van der Waals surface area contributed by atoms with Gasteiger partial charge < -0.3 is 0 Å². The maximum atomic E-state index is 5.31. The van der Waals surface area contributed by atoms with Crippen molar-refractivity contribution in [3.63, 3.8) is 0 Å². The molecule has 0 atom stereocenters. The molecule has 9 aromatic rings. The molecule has 6 nitrogen and oxygen atoms in total. The molecule has 220 valence electrons. The Morgan fingerprint density at radius 1 is 0.404 bits per heavy atom. The summed E-state index contributed by atoms with van der Waals surface area (Å²) in [6.45, 7) is 0. The quantitative estimate of drug-likeness (QED) is 0.182. The molecule has 0 aliphatic heterocycles. The van der Waals surface area contributed by atoms with Crippen LogP contribution in [0.5, 0.6) is 0 Å². The number of nitrogens with zero attached hydrogens (tertiary/aromatic N) is 5. The van der Waals surface area contributed by atoms with Crippen LogP contribution in [0.1, 0.15) is 0 Å². The lowest BCUT2D eigenvalue weighted by atomic mass is 9.94. The third kappa shape index (κ3) is 4.71. The van der Waals surface area contributed by atoms with Crippen molar-refractivity contribution in [3.05, 3.63) is 152 Å². The fraction of sp³-hybridized carbons (Fsp3) is 0. The van der Waals surface area contributed by atoms with E-state index in [2.05, 4.69) is 89.2 Å². The molecule has 0 spiro atoms. The van der Waals surface area contributed by atoms with E-state index in [0.717, 1.165) is 77.7 Å². The molecule has 0 amide bonds. The van der Waals surface area contributed by atoms with Crippen molar-refractivity contribution in [2.75, 3.05) is 0 Å². The molecule has 3 aromatic heterocycles. The summed E-state index contributed by atoms with van der Waals surface area (Å²) in [4.78, 5) is 15.3. The van der Waals surface area contributed by atoms with Crippen molar-refractivity contribution in [3.8, 4) is 56.3 Å². The molecule has 0 saturated carbocycles. The number of fused-ring (bicyclic) bond motifs is 5. The van der Waals surface area contributed by atoms with E-state index in [0.29, 0.717) is 11.3 Å². The van der Waals surface area contributed by atoms with Crippen LogP contribution < -0.4 is 0 Å². The smallest absolute Gasteiger partial charge is 0.160 e. The molecule has 0 unspecified atom stereocenters. The van der Waals surface area contributed by atoms with Crippen LogP contribution in [0.25, 0.3) is 89.0 Å². The zero-order valence-electron chi connectivity index (χ0n) is 25.1. The average molecular weight is 604 g/mol. The normalized spacial score (nSPS) is 11.4. The predicted octanol–water partition coefficient (Wildman–Crippen LogP) is 10.0. The third-order valence-corrected chi connectivity index (χ3v) is 8.58. The minimum atomic E-state index is 0.693. The first-order chi connectivity index (χ1) is 23.3. The molecular formula is C41H25N5O. The van der Waals surface area contributed by atoms with Gasteiger partial charge in [0.15, 0.2) is 5.82 Å². The molecular weight excluding hydrogens is 578 g/mol. The summed E-state index contributed by atoms with van der Waals surface area (Å²) in [5.74, 6) is 0.693. The van der Waals surface area contributed by atoms with Gasteiger partial charge in [0, 0.05) is 44.0 Å². The first-order valence-electron chi connectivity index (χ1n) is 15.4. The monoisotopic (exact) mass is 603 g/mol. The number of benzene rings is 6. The zero-order chi connectivity index (χ0) is 31.2. The molecule has 0 radical (unpaired) electrons. The molecule has 0 aliphatic rings. The minimum Gasteiger partial charge on any atom is -0.246 e. The Hall–Kier alpha value is -6.53. The third-order valence-electron chi connectivity index (χ3n) is 8.58. The Morgan fingerprint density at radius 3 is 1.72 bits per heavy atom. The number of para-hydroxylation sites is 1. The standard InChI is InChI=1S/C41H25N5O/c1-4-11-27(12-5-1)35-25-36(43-41(42-35)30-15-8-3-9-16-30)28-21-19-26(20-22-28)31-17-10-18-32-37-33(23-24-34-40(37)46-47-45-34)38(44-39(31)32)29-13-6-2-7-14-29/h1-25H. The lowest BCUT2D eigenvalue weighted by molar-refractivity contribution is 0.316.